The predicted molar refractivity (Wildman–Crippen MR) is 86.7 cm³/mol. The van der Waals surface area contributed by atoms with Gasteiger partial charge in [0, 0.05) is 6.04 Å². The van der Waals surface area contributed by atoms with Crippen LogP contribution in [-0.2, 0) is 11.3 Å². The Hall–Kier alpha value is -2.40. The molecule has 0 fully saturated rings. The highest BCUT2D eigenvalue weighted by Gasteiger charge is 2.26. The average molecular weight is 314 g/mol. The Bertz CT molecular complexity index is 715. The van der Waals surface area contributed by atoms with Crippen molar-refractivity contribution < 1.29 is 13.9 Å². The summed E-state index contributed by atoms with van der Waals surface area (Å²) in [5.41, 5.74) is 8.63. The molecule has 0 bridgehead atoms. The zero-order chi connectivity index (χ0) is 16.4. The van der Waals surface area contributed by atoms with Crippen molar-refractivity contribution >= 4 is 11.6 Å². The lowest BCUT2D eigenvalue weighted by molar-refractivity contribution is -0.121. The first-order chi connectivity index (χ1) is 11.1. The van der Waals surface area contributed by atoms with Crippen LogP contribution in [-0.4, -0.2) is 12.5 Å². The molecule has 1 aliphatic rings. The van der Waals surface area contributed by atoms with Gasteiger partial charge in [-0.2, -0.15) is 0 Å². The number of nitrogens with zero attached hydrogens (tertiary/aromatic N) is 1. The standard InChI is InChI=1S/C18H19FN2O2/c1-2-15(20)13-5-8-17-16(9-13)21(18(22)11-23-17)10-12-3-6-14(19)7-4-12/h3-9,15H,2,10-11,20H2,1H3. The lowest BCUT2D eigenvalue weighted by Crippen LogP contribution is -2.38. The first-order valence-electron chi connectivity index (χ1n) is 7.65. The van der Waals surface area contributed by atoms with Crippen molar-refractivity contribution in [1.29, 1.82) is 0 Å². The number of halogens is 1. The van der Waals surface area contributed by atoms with Crippen LogP contribution in [0.25, 0.3) is 0 Å². The van der Waals surface area contributed by atoms with Crippen LogP contribution in [0.3, 0.4) is 0 Å². The van der Waals surface area contributed by atoms with Gasteiger partial charge in [0.1, 0.15) is 11.6 Å². The third-order valence-electron chi connectivity index (χ3n) is 4.05. The van der Waals surface area contributed by atoms with Gasteiger partial charge in [-0.15, -0.1) is 0 Å². The lowest BCUT2D eigenvalue weighted by atomic mass is 10.0. The lowest BCUT2D eigenvalue weighted by Gasteiger charge is -2.30. The van der Waals surface area contributed by atoms with Crippen LogP contribution in [0.5, 0.6) is 5.75 Å². The van der Waals surface area contributed by atoms with Crippen molar-refractivity contribution in [1.82, 2.24) is 0 Å². The van der Waals surface area contributed by atoms with E-state index in [2.05, 4.69) is 0 Å². The normalized spacial score (nSPS) is 15.1. The van der Waals surface area contributed by atoms with Crippen LogP contribution in [0.2, 0.25) is 0 Å². The number of fused-ring (bicyclic) bond motifs is 1. The molecule has 1 atom stereocenters. The fourth-order valence-electron chi connectivity index (χ4n) is 2.63. The molecule has 0 spiro atoms. The smallest absolute Gasteiger partial charge is 0.265 e. The Balaban J connectivity index is 1.94. The fourth-order valence-corrected chi connectivity index (χ4v) is 2.63. The number of carbonyl (C=O) groups excluding carboxylic acids is 1. The summed E-state index contributed by atoms with van der Waals surface area (Å²) in [6.07, 6.45) is 0.811. The number of rotatable bonds is 4. The molecular weight excluding hydrogens is 295 g/mol. The van der Waals surface area contributed by atoms with Crippen LogP contribution in [0.15, 0.2) is 42.5 Å². The van der Waals surface area contributed by atoms with Gasteiger partial charge in [-0.25, -0.2) is 4.39 Å². The van der Waals surface area contributed by atoms with Crippen molar-refractivity contribution in [2.24, 2.45) is 5.73 Å². The molecule has 4 nitrogen and oxygen atoms in total. The largest absolute Gasteiger partial charge is 0.482 e. The molecule has 5 heteroatoms. The molecule has 2 N–H and O–H groups in total. The number of ether oxygens (including phenoxy) is 1. The van der Waals surface area contributed by atoms with Crippen molar-refractivity contribution in [2.45, 2.75) is 25.9 Å². The molecule has 3 rings (SSSR count). The first kappa shape index (κ1) is 15.5. The number of carbonyl (C=O) groups is 1. The van der Waals surface area contributed by atoms with Gasteiger partial charge in [0.05, 0.1) is 12.2 Å². The maximum atomic E-state index is 13.0. The second kappa shape index (κ2) is 6.38. The molecule has 0 saturated carbocycles. The van der Waals surface area contributed by atoms with Gasteiger partial charge < -0.3 is 15.4 Å². The maximum absolute atomic E-state index is 13.0. The Labute approximate surface area is 134 Å². The second-order valence-corrected chi connectivity index (χ2v) is 5.64. The van der Waals surface area contributed by atoms with Crippen LogP contribution in [0.4, 0.5) is 10.1 Å². The zero-order valence-corrected chi connectivity index (χ0v) is 13.0. The van der Waals surface area contributed by atoms with E-state index in [1.165, 1.54) is 12.1 Å². The minimum atomic E-state index is -0.293. The molecule has 0 saturated heterocycles. The summed E-state index contributed by atoms with van der Waals surface area (Å²) in [5.74, 6) is 0.251. The van der Waals surface area contributed by atoms with E-state index in [1.807, 2.05) is 25.1 Å². The molecule has 1 unspecified atom stereocenters. The highest BCUT2D eigenvalue weighted by molar-refractivity contribution is 5.97. The predicted octanol–water partition coefficient (Wildman–Crippen LogP) is 3.16. The van der Waals surface area contributed by atoms with Gasteiger partial charge in [-0.3, -0.25) is 4.79 Å². The monoisotopic (exact) mass is 314 g/mol. The van der Waals surface area contributed by atoms with Crippen LogP contribution >= 0.6 is 0 Å². The Morgan fingerprint density at radius 3 is 2.70 bits per heavy atom. The number of nitrogens with two attached hydrogens (primary N) is 1. The third kappa shape index (κ3) is 3.19. The van der Waals surface area contributed by atoms with E-state index < -0.39 is 0 Å². The van der Waals surface area contributed by atoms with Crippen molar-refractivity contribution in [2.75, 3.05) is 11.5 Å². The molecule has 2 aromatic carbocycles. The number of hydrogen-bond donors (Lipinski definition) is 1. The molecule has 0 radical (unpaired) electrons. The molecule has 1 heterocycles. The van der Waals surface area contributed by atoms with Crippen LogP contribution in [0.1, 0.15) is 30.5 Å². The molecule has 0 aromatic heterocycles. The van der Waals surface area contributed by atoms with Crippen molar-refractivity contribution in [3.05, 3.63) is 59.4 Å². The molecule has 1 aliphatic heterocycles. The molecule has 0 aliphatic carbocycles. The van der Waals surface area contributed by atoms with E-state index in [4.69, 9.17) is 10.5 Å². The van der Waals surface area contributed by atoms with Crippen LogP contribution in [0, 0.1) is 5.82 Å². The molecule has 2 aromatic rings. The summed E-state index contributed by atoms with van der Waals surface area (Å²) in [4.78, 5) is 13.9. The summed E-state index contributed by atoms with van der Waals surface area (Å²) in [6.45, 7) is 2.40. The van der Waals surface area contributed by atoms with E-state index in [9.17, 15) is 9.18 Å². The Kier molecular flexibility index (Phi) is 4.30. The van der Waals surface area contributed by atoms with E-state index >= 15 is 0 Å². The van der Waals surface area contributed by atoms with Gasteiger partial charge in [-0.1, -0.05) is 25.1 Å². The SMILES string of the molecule is CCC(N)c1ccc2c(c1)N(Cc1ccc(F)cc1)C(=O)CO2. The highest BCUT2D eigenvalue weighted by Crippen LogP contribution is 2.35. The molecule has 120 valence electrons. The quantitative estimate of drug-likeness (QED) is 0.943. The summed E-state index contributed by atoms with van der Waals surface area (Å²) in [6, 6.07) is 11.8. The summed E-state index contributed by atoms with van der Waals surface area (Å²) in [5, 5.41) is 0. The average Bonchev–Trinajstić information content (AvgIpc) is 2.58. The minimum absolute atomic E-state index is 0.00731. The molecule has 23 heavy (non-hydrogen) atoms. The van der Waals surface area contributed by atoms with E-state index in [1.54, 1.807) is 17.0 Å². The number of anilines is 1. The highest BCUT2D eigenvalue weighted by atomic mass is 19.1. The van der Waals surface area contributed by atoms with Gasteiger partial charge >= 0.3 is 0 Å². The topological polar surface area (TPSA) is 55.6 Å². The number of hydrogen-bond acceptors (Lipinski definition) is 3. The van der Waals surface area contributed by atoms with Gasteiger partial charge in [0.2, 0.25) is 0 Å². The zero-order valence-electron chi connectivity index (χ0n) is 13.0. The number of benzene rings is 2. The molecule has 1 amide bonds. The fraction of sp³-hybridized carbons (Fsp3) is 0.278. The third-order valence-corrected chi connectivity index (χ3v) is 4.05. The van der Waals surface area contributed by atoms with E-state index in [0.717, 1.165) is 17.5 Å². The van der Waals surface area contributed by atoms with Gasteiger partial charge in [0.25, 0.3) is 5.91 Å². The van der Waals surface area contributed by atoms with E-state index in [-0.39, 0.29) is 24.4 Å². The maximum Gasteiger partial charge on any atom is 0.265 e. The summed E-state index contributed by atoms with van der Waals surface area (Å²) < 4.78 is 18.5. The Morgan fingerprint density at radius 2 is 2.00 bits per heavy atom. The van der Waals surface area contributed by atoms with E-state index in [0.29, 0.717) is 18.0 Å². The molecular formula is C18H19FN2O2. The van der Waals surface area contributed by atoms with Crippen molar-refractivity contribution in [3.63, 3.8) is 0 Å². The second-order valence-electron chi connectivity index (χ2n) is 5.64. The number of amides is 1. The summed E-state index contributed by atoms with van der Waals surface area (Å²) in [7, 11) is 0. The van der Waals surface area contributed by atoms with Gasteiger partial charge in [-0.05, 0) is 41.8 Å². The summed E-state index contributed by atoms with van der Waals surface area (Å²) >= 11 is 0. The van der Waals surface area contributed by atoms with Crippen LogP contribution < -0.4 is 15.4 Å². The van der Waals surface area contributed by atoms with Crippen molar-refractivity contribution in [3.8, 4) is 5.75 Å². The van der Waals surface area contributed by atoms with Gasteiger partial charge in [0.15, 0.2) is 6.61 Å². The first-order valence-corrected chi connectivity index (χ1v) is 7.65. The minimum Gasteiger partial charge on any atom is -0.482 e. The Morgan fingerprint density at radius 1 is 1.26 bits per heavy atom.